The lowest BCUT2D eigenvalue weighted by molar-refractivity contribution is -0.120. The van der Waals surface area contributed by atoms with Crippen LogP contribution in [0.1, 0.15) is 40.5 Å². The molecule has 0 radical (unpaired) electrons. The van der Waals surface area contributed by atoms with Gasteiger partial charge >= 0.3 is 0 Å². The lowest BCUT2D eigenvalue weighted by Crippen LogP contribution is -2.39. The summed E-state index contributed by atoms with van der Waals surface area (Å²) < 4.78 is 0. The first-order valence-corrected chi connectivity index (χ1v) is 5.56. The van der Waals surface area contributed by atoms with Gasteiger partial charge in [-0.1, -0.05) is 27.2 Å². The van der Waals surface area contributed by atoms with Gasteiger partial charge in [-0.15, -0.1) is 0 Å². The Hall–Kier alpha value is -0.570. The molecule has 84 valence electrons. The van der Waals surface area contributed by atoms with Crippen molar-refractivity contribution >= 4 is 5.91 Å². The lowest BCUT2D eigenvalue weighted by atomic mass is 10.2. The van der Waals surface area contributed by atoms with Crippen LogP contribution in [0.4, 0.5) is 0 Å². The normalized spacial score (nSPS) is 12.9. The molecule has 3 heteroatoms. The number of amides is 1. The van der Waals surface area contributed by atoms with Crippen LogP contribution in [0.2, 0.25) is 0 Å². The second-order valence-corrected chi connectivity index (χ2v) is 4.27. The summed E-state index contributed by atoms with van der Waals surface area (Å²) in [5, 5.41) is 6.07. The van der Waals surface area contributed by atoms with Crippen molar-refractivity contribution in [2.75, 3.05) is 13.1 Å². The van der Waals surface area contributed by atoms with Crippen LogP contribution in [-0.2, 0) is 4.79 Å². The molecule has 0 aliphatic rings. The van der Waals surface area contributed by atoms with Crippen molar-refractivity contribution in [3.8, 4) is 0 Å². The molecule has 0 heterocycles. The first-order chi connectivity index (χ1) is 6.56. The van der Waals surface area contributed by atoms with Crippen molar-refractivity contribution < 1.29 is 4.79 Å². The summed E-state index contributed by atoms with van der Waals surface area (Å²) in [6, 6.07) is 0.435. The average Bonchev–Trinajstić information content (AvgIpc) is 2.12. The molecule has 0 aromatic heterocycles. The van der Waals surface area contributed by atoms with Gasteiger partial charge in [0, 0.05) is 12.6 Å². The lowest BCUT2D eigenvalue weighted by Gasteiger charge is -2.13. The van der Waals surface area contributed by atoms with E-state index in [2.05, 4.69) is 38.3 Å². The molecule has 0 aliphatic carbocycles. The minimum Gasteiger partial charge on any atom is -0.355 e. The first kappa shape index (κ1) is 13.4. The van der Waals surface area contributed by atoms with E-state index in [1.165, 1.54) is 0 Å². The SMILES string of the molecule is CCCC(C)NCC(=O)NCC(C)C. The van der Waals surface area contributed by atoms with Gasteiger partial charge in [-0.05, 0) is 19.3 Å². The highest BCUT2D eigenvalue weighted by Gasteiger charge is 2.04. The summed E-state index contributed by atoms with van der Waals surface area (Å²) in [4.78, 5) is 11.3. The smallest absolute Gasteiger partial charge is 0.233 e. The third-order valence-corrected chi connectivity index (χ3v) is 2.04. The van der Waals surface area contributed by atoms with Crippen LogP contribution in [0.25, 0.3) is 0 Å². The second-order valence-electron chi connectivity index (χ2n) is 4.27. The molecular formula is C11H24N2O. The van der Waals surface area contributed by atoms with Gasteiger partial charge in [-0.2, -0.15) is 0 Å². The Morgan fingerprint density at radius 1 is 1.29 bits per heavy atom. The number of hydrogen-bond donors (Lipinski definition) is 2. The zero-order valence-electron chi connectivity index (χ0n) is 9.89. The summed E-state index contributed by atoms with van der Waals surface area (Å²) in [6.07, 6.45) is 2.28. The number of nitrogens with one attached hydrogen (secondary N) is 2. The Morgan fingerprint density at radius 3 is 2.43 bits per heavy atom. The summed E-state index contributed by atoms with van der Waals surface area (Å²) in [5.41, 5.74) is 0. The van der Waals surface area contributed by atoms with Crippen LogP contribution in [0, 0.1) is 5.92 Å². The van der Waals surface area contributed by atoms with E-state index < -0.39 is 0 Å². The van der Waals surface area contributed by atoms with E-state index in [1.807, 2.05) is 0 Å². The van der Waals surface area contributed by atoms with Crippen LogP contribution in [0.3, 0.4) is 0 Å². The van der Waals surface area contributed by atoms with E-state index >= 15 is 0 Å². The van der Waals surface area contributed by atoms with Gasteiger partial charge in [0.15, 0.2) is 0 Å². The molecule has 0 saturated carbocycles. The molecule has 1 atom stereocenters. The zero-order valence-corrected chi connectivity index (χ0v) is 9.89. The highest BCUT2D eigenvalue weighted by atomic mass is 16.1. The maximum atomic E-state index is 11.3. The number of carbonyl (C=O) groups is 1. The molecule has 0 aliphatic heterocycles. The molecule has 3 nitrogen and oxygen atoms in total. The summed E-state index contributed by atoms with van der Waals surface area (Å²) in [5.74, 6) is 0.619. The zero-order chi connectivity index (χ0) is 11.0. The van der Waals surface area contributed by atoms with Gasteiger partial charge in [-0.25, -0.2) is 0 Å². The molecular weight excluding hydrogens is 176 g/mol. The van der Waals surface area contributed by atoms with Crippen LogP contribution < -0.4 is 10.6 Å². The number of hydrogen-bond acceptors (Lipinski definition) is 2. The Morgan fingerprint density at radius 2 is 1.93 bits per heavy atom. The molecule has 0 spiro atoms. The number of rotatable bonds is 7. The van der Waals surface area contributed by atoms with Crippen molar-refractivity contribution in [1.82, 2.24) is 10.6 Å². The molecule has 0 saturated heterocycles. The molecule has 0 bridgehead atoms. The molecule has 2 N–H and O–H groups in total. The first-order valence-electron chi connectivity index (χ1n) is 5.56. The fourth-order valence-corrected chi connectivity index (χ4v) is 1.18. The van der Waals surface area contributed by atoms with Crippen molar-refractivity contribution in [3.05, 3.63) is 0 Å². The van der Waals surface area contributed by atoms with Crippen LogP contribution >= 0.6 is 0 Å². The summed E-state index contributed by atoms with van der Waals surface area (Å²) in [6.45, 7) is 9.65. The maximum Gasteiger partial charge on any atom is 0.233 e. The average molecular weight is 200 g/mol. The predicted molar refractivity (Wildman–Crippen MR) is 60.2 cm³/mol. The van der Waals surface area contributed by atoms with Crippen LogP contribution in [0.15, 0.2) is 0 Å². The quantitative estimate of drug-likeness (QED) is 0.654. The Balaban J connectivity index is 3.43. The predicted octanol–water partition coefficient (Wildman–Crippen LogP) is 1.54. The van der Waals surface area contributed by atoms with E-state index in [9.17, 15) is 4.79 Å². The second kappa shape index (κ2) is 7.80. The topological polar surface area (TPSA) is 41.1 Å². The summed E-state index contributed by atoms with van der Waals surface area (Å²) >= 11 is 0. The molecule has 1 unspecified atom stereocenters. The molecule has 14 heavy (non-hydrogen) atoms. The van der Waals surface area contributed by atoms with Gasteiger partial charge in [0.05, 0.1) is 6.54 Å². The minimum absolute atomic E-state index is 0.0988. The largest absolute Gasteiger partial charge is 0.355 e. The Kier molecular flexibility index (Phi) is 7.48. The van der Waals surface area contributed by atoms with E-state index in [4.69, 9.17) is 0 Å². The van der Waals surface area contributed by atoms with Gasteiger partial charge in [0.1, 0.15) is 0 Å². The van der Waals surface area contributed by atoms with Gasteiger partial charge in [0.25, 0.3) is 0 Å². The van der Waals surface area contributed by atoms with Crippen molar-refractivity contribution in [3.63, 3.8) is 0 Å². The molecule has 0 aromatic carbocycles. The van der Waals surface area contributed by atoms with E-state index in [-0.39, 0.29) is 5.91 Å². The molecule has 0 aromatic rings. The van der Waals surface area contributed by atoms with E-state index in [0.29, 0.717) is 18.5 Å². The van der Waals surface area contributed by atoms with Gasteiger partial charge in [0.2, 0.25) is 5.91 Å². The molecule has 1 amide bonds. The summed E-state index contributed by atoms with van der Waals surface area (Å²) in [7, 11) is 0. The molecule has 0 fully saturated rings. The van der Waals surface area contributed by atoms with Crippen molar-refractivity contribution in [2.24, 2.45) is 5.92 Å². The maximum absolute atomic E-state index is 11.3. The number of carbonyl (C=O) groups excluding carboxylic acids is 1. The van der Waals surface area contributed by atoms with Crippen LogP contribution in [0.5, 0.6) is 0 Å². The van der Waals surface area contributed by atoms with E-state index in [1.54, 1.807) is 0 Å². The highest BCUT2D eigenvalue weighted by molar-refractivity contribution is 5.77. The third-order valence-electron chi connectivity index (χ3n) is 2.04. The van der Waals surface area contributed by atoms with Gasteiger partial charge < -0.3 is 10.6 Å². The monoisotopic (exact) mass is 200 g/mol. The van der Waals surface area contributed by atoms with Crippen molar-refractivity contribution in [1.29, 1.82) is 0 Å². The molecule has 0 rings (SSSR count). The highest BCUT2D eigenvalue weighted by Crippen LogP contribution is 1.93. The Bertz CT molecular complexity index is 157. The van der Waals surface area contributed by atoms with Gasteiger partial charge in [-0.3, -0.25) is 4.79 Å². The fraction of sp³-hybridized carbons (Fsp3) is 0.909. The van der Waals surface area contributed by atoms with Crippen LogP contribution in [-0.4, -0.2) is 25.0 Å². The van der Waals surface area contributed by atoms with Crippen molar-refractivity contribution in [2.45, 2.75) is 46.6 Å². The third kappa shape index (κ3) is 8.05. The minimum atomic E-state index is 0.0988. The standard InChI is InChI=1S/C11H24N2O/c1-5-6-10(4)12-8-11(14)13-7-9(2)3/h9-10,12H,5-8H2,1-4H3,(H,13,14). The Labute approximate surface area is 87.6 Å². The van der Waals surface area contributed by atoms with E-state index in [0.717, 1.165) is 19.4 Å². The fourth-order valence-electron chi connectivity index (χ4n) is 1.18.